The summed E-state index contributed by atoms with van der Waals surface area (Å²) in [6.07, 6.45) is 5.05. The Morgan fingerprint density at radius 2 is 1.79 bits per heavy atom. The maximum absolute atomic E-state index is 12.7. The summed E-state index contributed by atoms with van der Waals surface area (Å²) < 4.78 is 10.7. The third-order valence-corrected chi connectivity index (χ3v) is 5.22. The Bertz CT molecular complexity index is 584. The number of carbonyl (C=O) groups excluding carboxylic acids is 1. The van der Waals surface area contributed by atoms with E-state index in [1.165, 1.54) is 25.7 Å². The van der Waals surface area contributed by atoms with E-state index in [1.807, 2.05) is 37.1 Å². The second kappa shape index (κ2) is 6.91. The van der Waals surface area contributed by atoms with Crippen molar-refractivity contribution in [3.63, 3.8) is 0 Å². The number of amides is 2. The predicted molar refractivity (Wildman–Crippen MR) is 93.5 cm³/mol. The van der Waals surface area contributed by atoms with Crippen LogP contribution >= 0.6 is 0 Å². The molecular weight excluding hydrogens is 304 g/mol. The van der Waals surface area contributed by atoms with Gasteiger partial charge in [0, 0.05) is 18.7 Å². The van der Waals surface area contributed by atoms with E-state index in [2.05, 4.69) is 5.32 Å². The van der Waals surface area contributed by atoms with Gasteiger partial charge >= 0.3 is 6.03 Å². The molecule has 132 valence electrons. The number of nitrogens with one attached hydrogen (secondary N) is 1. The highest BCUT2D eigenvalue weighted by Gasteiger charge is 2.45. The highest BCUT2D eigenvalue weighted by atomic mass is 16.5. The summed E-state index contributed by atoms with van der Waals surface area (Å²) in [6.45, 7) is 1.98. The quantitative estimate of drug-likeness (QED) is 0.830. The van der Waals surface area contributed by atoms with Crippen molar-refractivity contribution >= 4 is 6.03 Å². The largest absolute Gasteiger partial charge is 0.497 e. The number of carbonyl (C=O) groups is 1. The molecule has 0 heterocycles. The van der Waals surface area contributed by atoms with Gasteiger partial charge in [-0.15, -0.1) is 0 Å². The average molecular weight is 332 g/mol. The lowest BCUT2D eigenvalue weighted by atomic mass is 10.1. The molecule has 2 saturated carbocycles. The van der Waals surface area contributed by atoms with Gasteiger partial charge in [-0.25, -0.2) is 4.79 Å². The van der Waals surface area contributed by atoms with Crippen molar-refractivity contribution in [2.24, 2.45) is 11.8 Å². The number of methoxy groups -OCH3 is 2. The van der Waals surface area contributed by atoms with E-state index in [9.17, 15) is 4.79 Å². The Labute approximate surface area is 144 Å². The minimum Gasteiger partial charge on any atom is -0.497 e. The number of hydrogen-bond donors (Lipinski definition) is 1. The van der Waals surface area contributed by atoms with Crippen molar-refractivity contribution in [2.75, 3.05) is 21.3 Å². The Balaban J connectivity index is 1.69. The molecule has 0 spiro atoms. The maximum atomic E-state index is 12.7. The van der Waals surface area contributed by atoms with Crippen LogP contribution in [-0.2, 0) is 0 Å². The van der Waals surface area contributed by atoms with Crippen LogP contribution in [0, 0.1) is 11.8 Å². The molecule has 2 fully saturated rings. The Hall–Kier alpha value is -1.91. The Morgan fingerprint density at radius 3 is 2.29 bits per heavy atom. The highest BCUT2D eigenvalue weighted by molar-refractivity contribution is 5.75. The van der Waals surface area contributed by atoms with Crippen LogP contribution < -0.4 is 14.8 Å². The number of rotatable bonds is 7. The molecule has 24 heavy (non-hydrogen) atoms. The first-order valence-corrected chi connectivity index (χ1v) is 8.80. The zero-order chi connectivity index (χ0) is 17.3. The summed E-state index contributed by atoms with van der Waals surface area (Å²) >= 11 is 0. The maximum Gasteiger partial charge on any atom is 0.317 e. The molecule has 2 amide bonds. The number of benzene rings is 1. The van der Waals surface area contributed by atoms with Crippen molar-refractivity contribution in [3.05, 3.63) is 23.8 Å². The monoisotopic (exact) mass is 332 g/mol. The molecular formula is C19H28N2O3. The summed E-state index contributed by atoms with van der Waals surface area (Å²) in [5.74, 6) is 2.92. The molecule has 1 atom stereocenters. The first kappa shape index (κ1) is 16.9. The van der Waals surface area contributed by atoms with Gasteiger partial charge in [0.1, 0.15) is 11.5 Å². The number of hydrogen-bond acceptors (Lipinski definition) is 3. The van der Waals surface area contributed by atoms with E-state index in [0.29, 0.717) is 17.9 Å². The predicted octanol–water partition coefficient (Wildman–Crippen LogP) is 3.59. The zero-order valence-electron chi connectivity index (χ0n) is 15.0. The fourth-order valence-corrected chi connectivity index (χ4v) is 3.57. The molecule has 0 saturated heterocycles. The molecule has 5 heteroatoms. The van der Waals surface area contributed by atoms with E-state index < -0.39 is 0 Å². The summed E-state index contributed by atoms with van der Waals surface area (Å²) in [6, 6.07) is 5.91. The van der Waals surface area contributed by atoms with Crippen molar-refractivity contribution in [2.45, 2.75) is 44.7 Å². The molecule has 0 radical (unpaired) electrons. The van der Waals surface area contributed by atoms with Crippen LogP contribution in [0.2, 0.25) is 0 Å². The number of nitrogens with zero attached hydrogens (tertiary/aromatic N) is 1. The van der Waals surface area contributed by atoms with Crippen LogP contribution in [0.1, 0.15) is 44.2 Å². The summed E-state index contributed by atoms with van der Waals surface area (Å²) in [7, 11) is 5.22. The third kappa shape index (κ3) is 3.60. The molecule has 0 aromatic heterocycles. The third-order valence-electron chi connectivity index (χ3n) is 5.22. The average Bonchev–Trinajstić information content (AvgIpc) is 3.48. The number of urea groups is 1. The molecule has 0 aliphatic heterocycles. The Morgan fingerprint density at radius 1 is 1.17 bits per heavy atom. The van der Waals surface area contributed by atoms with Crippen LogP contribution in [0.25, 0.3) is 0 Å². The van der Waals surface area contributed by atoms with Crippen LogP contribution in [0.15, 0.2) is 18.2 Å². The van der Waals surface area contributed by atoms with Gasteiger partial charge in [-0.3, -0.25) is 0 Å². The molecule has 5 nitrogen and oxygen atoms in total. The molecule has 2 aliphatic carbocycles. The van der Waals surface area contributed by atoms with E-state index in [4.69, 9.17) is 9.47 Å². The lowest BCUT2D eigenvalue weighted by molar-refractivity contribution is 0.171. The fraction of sp³-hybridized carbons (Fsp3) is 0.632. The first-order valence-electron chi connectivity index (χ1n) is 8.80. The van der Waals surface area contributed by atoms with Crippen LogP contribution in [0.3, 0.4) is 0 Å². The standard InChI is InChI=1S/C19H28N2O3/c1-12(16-11-15(23-3)9-10-17(16)24-4)20-19(22)21(2)18(13-5-6-13)14-7-8-14/h9-14,18H,5-8H2,1-4H3,(H,20,22)/t12-/m1/s1. The fourth-order valence-electron chi connectivity index (χ4n) is 3.57. The van der Waals surface area contributed by atoms with Crippen molar-refractivity contribution in [1.82, 2.24) is 10.2 Å². The first-order chi connectivity index (χ1) is 11.5. The SMILES string of the molecule is COc1ccc(OC)c([C@@H](C)NC(=O)N(C)C(C2CC2)C2CC2)c1. The smallest absolute Gasteiger partial charge is 0.317 e. The van der Waals surface area contributed by atoms with Gasteiger partial charge in [0.2, 0.25) is 0 Å². The second-order valence-corrected chi connectivity index (χ2v) is 7.06. The highest BCUT2D eigenvalue weighted by Crippen LogP contribution is 2.46. The zero-order valence-corrected chi connectivity index (χ0v) is 15.0. The van der Waals surface area contributed by atoms with Gasteiger partial charge in [0.15, 0.2) is 0 Å². The minimum atomic E-state index is -0.149. The van der Waals surface area contributed by atoms with E-state index in [-0.39, 0.29) is 12.1 Å². The minimum absolute atomic E-state index is 0.00354. The van der Waals surface area contributed by atoms with Crippen LogP contribution in [0.4, 0.5) is 4.79 Å². The van der Waals surface area contributed by atoms with Gasteiger partial charge < -0.3 is 19.7 Å². The summed E-state index contributed by atoms with van der Waals surface area (Å²) in [4.78, 5) is 14.7. The lowest BCUT2D eigenvalue weighted by Gasteiger charge is -2.30. The molecule has 3 rings (SSSR count). The molecule has 1 N–H and O–H groups in total. The van der Waals surface area contributed by atoms with Gasteiger partial charge in [-0.1, -0.05) is 0 Å². The summed E-state index contributed by atoms with van der Waals surface area (Å²) in [5.41, 5.74) is 0.924. The van der Waals surface area contributed by atoms with Crippen LogP contribution in [0.5, 0.6) is 11.5 Å². The number of ether oxygens (including phenoxy) is 2. The molecule has 2 aliphatic rings. The van der Waals surface area contributed by atoms with Crippen molar-refractivity contribution in [3.8, 4) is 11.5 Å². The Kier molecular flexibility index (Phi) is 4.88. The normalized spacial score (nSPS) is 18.2. The molecule has 1 aromatic carbocycles. The van der Waals surface area contributed by atoms with E-state index in [0.717, 1.165) is 17.1 Å². The van der Waals surface area contributed by atoms with Crippen molar-refractivity contribution < 1.29 is 14.3 Å². The van der Waals surface area contributed by atoms with E-state index >= 15 is 0 Å². The van der Waals surface area contributed by atoms with Crippen molar-refractivity contribution in [1.29, 1.82) is 0 Å². The second-order valence-electron chi connectivity index (χ2n) is 7.06. The van der Waals surface area contributed by atoms with Gasteiger partial charge in [0.25, 0.3) is 0 Å². The molecule has 1 aromatic rings. The van der Waals surface area contributed by atoms with Gasteiger partial charge in [0.05, 0.1) is 20.3 Å². The molecule has 0 bridgehead atoms. The van der Waals surface area contributed by atoms with E-state index in [1.54, 1.807) is 14.2 Å². The lowest BCUT2D eigenvalue weighted by Crippen LogP contribution is -2.46. The van der Waals surface area contributed by atoms with Gasteiger partial charge in [-0.05, 0) is 62.6 Å². The van der Waals surface area contributed by atoms with Crippen LogP contribution in [-0.4, -0.2) is 38.2 Å². The summed E-state index contributed by atoms with van der Waals surface area (Å²) in [5, 5.41) is 3.12. The molecule has 0 unspecified atom stereocenters. The topological polar surface area (TPSA) is 50.8 Å². The van der Waals surface area contributed by atoms with Gasteiger partial charge in [-0.2, -0.15) is 0 Å².